The van der Waals surface area contributed by atoms with Gasteiger partial charge in [-0.3, -0.25) is 9.78 Å². The van der Waals surface area contributed by atoms with Gasteiger partial charge in [0.25, 0.3) is 5.56 Å². The smallest absolute Gasteiger partial charge is 0.260 e. The van der Waals surface area contributed by atoms with E-state index >= 15 is 0 Å². The number of hydrogen-bond donors (Lipinski definition) is 2. The molecule has 0 fully saturated rings. The van der Waals surface area contributed by atoms with E-state index in [9.17, 15) is 9.18 Å². The van der Waals surface area contributed by atoms with Gasteiger partial charge in [0.1, 0.15) is 5.82 Å². The van der Waals surface area contributed by atoms with Crippen LogP contribution in [0.15, 0.2) is 47.3 Å². The largest absolute Gasteiger partial charge is 0.349 e. The van der Waals surface area contributed by atoms with Gasteiger partial charge in [0.15, 0.2) is 0 Å². The number of aromatic amines is 1. The second-order valence-electron chi connectivity index (χ2n) is 5.31. The predicted molar refractivity (Wildman–Crippen MR) is 85.5 cm³/mol. The maximum absolute atomic E-state index is 13.6. The number of nitrogens with one attached hydrogen (secondary N) is 2. The van der Waals surface area contributed by atoms with E-state index in [1.807, 2.05) is 19.1 Å². The highest BCUT2D eigenvalue weighted by atomic mass is 19.1. The molecule has 1 unspecified atom stereocenters. The average Bonchev–Trinajstić information content (AvgIpc) is 2.50. The lowest BCUT2D eigenvalue weighted by Gasteiger charge is -2.15. The van der Waals surface area contributed by atoms with Crippen LogP contribution in [0.4, 0.5) is 10.3 Å². The van der Waals surface area contributed by atoms with E-state index in [-0.39, 0.29) is 17.4 Å². The lowest BCUT2D eigenvalue weighted by molar-refractivity contribution is 0.614. The number of anilines is 1. The molecule has 22 heavy (non-hydrogen) atoms. The van der Waals surface area contributed by atoms with Crippen LogP contribution in [0.1, 0.15) is 24.1 Å². The Labute approximate surface area is 127 Å². The molecule has 0 saturated heterocycles. The Morgan fingerprint density at radius 3 is 2.77 bits per heavy atom. The molecule has 1 heterocycles. The Balaban J connectivity index is 1.92. The molecular formula is C17H16FN3O. The zero-order chi connectivity index (χ0) is 15.7. The second kappa shape index (κ2) is 5.60. The van der Waals surface area contributed by atoms with Gasteiger partial charge in [0.2, 0.25) is 5.95 Å². The molecule has 1 atom stereocenters. The number of aryl methyl sites for hydroxylation is 1. The minimum atomic E-state index is -0.244. The first-order chi connectivity index (χ1) is 10.5. The number of benzene rings is 2. The number of para-hydroxylation sites is 1. The SMILES string of the molecule is Cc1ccc(C(C)Nc2nc3ccccc3c(=O)[nH]2)cc1F. The summed E-state index contributed by atoms with van der Waals surface area (Å²) in [4.78, 5) is 19.1. The van der Waals surface area contributed by atoms with Gasteiger partial charge in [-0.1, -0.05) is 24.3 Å². The third-order valence-electron chi connectivity index (χ3n) is 3.66. The summed E-state index contributed by atoms with van der Waals surface area (Å²) in [7, 11) is 0. The lowest BCUT2D eigenvalue weighted by Crippen LogP contribution is -2.15. The van der Waals surface area contributed by atoms with Gasteiger partial charge < -0.3 is 5.32 Å². The lowest BCUT2D eigenvalue weighted by atomic mass is 10.1. The molecule has 0 amide bonds. The number of aromatic nitrogens is 2. The third kappa shape index (κ3) is 2.70. The van der Waals surface area contributed by atoms with Crippen LogP contribution in [-0.2, 0) is 0 Å². The molecule has 0 aliphatic carbocycles. The fourth-order valence-corrected chi connectivity index (χ4v) is 2.32. The highest BCUT2D eigenvalue weighted by molar-refractivity contribution is 5.78. The van der Waals surface area contributed by atoms with Gasteiger partial charge >= 0.3 is 0 Å². The number of halogens is 1. The molecule has 0 aliphatic heterocycles. The van der Waals surface area contributed by atoms with E-state index in [1.54, 1.807) is 31.2 Å². The molecule has 0 aliphatic rings. The monoisotopic (exact) mass is 297 g/mol. The number of nitrogens with zero attached hydrogens (tertiary/aromatic N) is 1. The Bertz CT molecular complexity index is 888. The van der Waals surface area contributed by atoms with Crippen LogP contribution in [0.25, 0.3) is 10.9 Å². The van der Waals surface area contributed by atoms with Crippen molar-refractivity contribution < 1.29 is 4.39 Å². The molecule has 0 bridgehead atoms. The highest BCUT2D eigenvalue weighted by Crippen LogP contribution is 2.19. The van der Waals surface area contributed by atoms with Crippen LogP contribution in [-0.4, -0.2) is 9.97 Å². The minimum Gasteiger partial charge on any atom is -0.349 e. The topological polar surface area (TPSA) is 57.8 Å². The van der Waals surface area contributed by atoms with Crippen LogP contribution in [0.2, 0.25) is 0 Å². The summed E-state index contributed by atoms with van der Waals surface area (Å²) in [6, 6.07) is 12.0. The molecule has 0 saturated carbocycles. The van der Waals surface area contributed by atoms with Crippen molar-refractivity contribution >= 4 is 16.9 Å². The van der Waals surface area contributed by atoms with Gasteiger partial charge in [-0.2, -0.15) is 0 Å². The van der Waals surface area contributed by atoms with E-state index in [0.717, 1.165) is 5.56 Å². The standard InChI is InChI=1S/C17H16FN3O/c1-10-7-8-12(9-14(10)18)11(2)19-17-20-15-6-4-3-5-13(15)16(22)21-17/h3-9,11H,1-2H3,(H2,19,20,21,22). The van der Waals surface area contributed by atoms with Crippen LogP contribution in [0.3, 0.4) is 0 Å². The molecule has 2 N–H and O–H groups in total. The van der Waals surface area contributed by atoms with Crippen LogP contribution >= 0.6 is 0 Å². The summed E-state index contributed by atoms with van der Waals surface area (Å²) in [5, 5.41) is 3.65. The summed E-state index contributed by atoms with van der Waals surface area (Å²) < 4.78 is 13.6. The summed E-state index contributed by atoms with van der Waals surface area (Å²) >= 11 is 0. The fourth-order valence-electron chi connectivity index (χ4n) is 2.32. The number of rotatable bonds is 3. The first kappa shape index (κ1) is 14.3. The molecule has 0 radical (unpaired) electrons. The maximum atomic E-state index is 13.6. The number of H-pyrrole nitrogens is 1. The third-order valence-corrected chi connectivity index (χ3v) is 3.66. The van der Waals surface area contributed by atoms with E-state index in [4.69, 9.17) is 0 Å². The summed E-state index contributed by atoms with van der Waals surface area (Å²) in [6.45, 7) is 3.61. The van der Waals surface area contributed by atoms with Gasteiger partial charge in [0, 0.05) is 0 Å². The van der Waals surface area contributed by atoms with Gasteiger partial charge in [-0.15, -0.1) is 0 Å². The molecule has 3 aromatic rings. The van der Waals surface area contributed by atoms with Gasteiger partial charge in [0.05, 0.1) is 16.9 Å². The van der Waals surface area contributed by atoms with Crippen LogP contribution in [0.5, 0.6) is 0 Å². The Morgan fingerprint density at radius 2 is 2.00 bits per heavy atom. The Hall–Kier alpha value is -2.69. The first-order valence-corrected chi connectivity index (χ1v) is 7.06. The normalized spacial score (nSPS) is 12.3. The molecule has 3 rings (SSSR count). The zero-order valence-corrected chi connectivity index (χ0v) is 12.4. The molecule has 1 aromatic heterocycles. The molecule has 2 aromatic carbocycles. The number of fused-ring (bicyclic) bond motifs is 1. The molecule has 0 spiro atoms. The van der Waals surface area contributed by atoms with Crippen LogP contribution in [0, 0.1) is 12.7 Å². The van der Waals surface area contributed by atoms with Crippen molar-refractivity contribution in [1.82, 2.24) is 9.97 Å². The van der Waals surface area contributed by atoms with Crippen molar-refractivity contribution in [2.75, 3.05) is 5.32 Å². The van der Waals surface area contributed by atoms with Crippen molar-refractivity contribution in [1.29, 1.82) is 0 Å². The van der Waals surface area contributed by atoms with Crippen LogP contribution < -0.4 is 10.9 Å². The van der Waals surface area contributed by atoms with E-state index < -0.39 is 0 Å². The van der Waals surface area contributed by atoms with Crippen molar-refractivity contribution in [3.05, 3.63) is 69.8 Å². The van der Waals surface area contributed by atoms with Gasteiger partial charge in [-0.05, 0) is 43.2 Å². The zero-order valence-electron chi connectivity index (χ0n) is 12.4. The average molecular weight is 297 g/mol. The minimum absolute atomic E-state index is 0.181. The summed E-state index contributed by atoms with van der Waals surface area (Å²) in [5.74, 6) is 0.128. The van der Waals surface area contributed by atoms with E-state index in [1.165, 1.54) is 6.07 Å². The predicted octanol–water partition coefficient (Wildman–Crippen LogP) is 3.54. The van der Waals surface area contributed by atoms with Crippen molar-refractivity contribution in [3.63, 3.8) is 0 Å². The van der Waals surface area contributed by atoms with Crippen molar-refractivity contribution in [3.8, 4) is 0 Å². The first-order valence-electron chi connectivity index (χ1n) is 7.06. The highest BCUT2D eigenvalue weighted by Gasteiger charge is 2.10. The Morgan fingerprint density at radius 1 is 1.23 bits per heavy atom. The molecule has 5 heteroatoms. The molecule has 4 nitrogen and oxygen atoms in total. The van der Waals surface area contributed by atoms with E-state index in [2.05, 4.69) is 15.3 Å². The van der Waals surface area contributed by atoms with Gasteiger partial charge in [-0.25, -0.2) is 9.37 Å². The maximum Gasteiger partial charge on any atom is 0.260 e. The molecular weight excluding hydrogens is 281 g/mol. The molecule has 112 valence electrons. The van der Waals surface area contributed by atoms with Crippen molar-refractivity contribution in [2.45, 2.75) is 19.9 Å². The van der Waals surface area contributed by atoms with E-state index in [0.29, 0.717) is 22.4 Å². The number of hydrogen-bond acceptors (Lipinski definition) is 3. The second-order valence-corrected chi connectivity index (χ2v) is 5.31. The quantitative estimate of drug-likeness (QED) is 0.777. The summed E-state index contributed by atoms with van der Waals surface area (Å²) in [5.41, 5.74) is 1.82. The Kier molecular flexibility index (Phi) is 3.63. The van der Waals surface area contributed by atoms with Crippen molar-refractivity contribution in [2.24, 2.45) is 0 Å². The fraction of sp³-hybridized carbons (Fsp3) is 0.176. The summed E-state index contributed by atoms with van der Waals surface area (Å²) in [6.07, 6.45) is 0.